The highest BCUT2D eigenvalue weighted by molar-refractivity contribution is 7.12. The third kappa shape index (κ3) is 4.44. The molecule has 1 aromatic heterocycles. The highest BCUT2D eigenvalue weighted by Crippen LogP contribution is 2.23. The molecule has 0 saturated carbocycles. The van der Waals surface area contributed by atoms with Crippen molar-refractivity contribution < 1.29 is 4.79 Å². The third-order valence-corrected chi connectivity index (χ3v) is 5.64. The van der Waals surface area contributed by atoms with E-state index in [4.69, 9.17) is 0 Å². The molecule has 1 atom stereocenters. The Kier molecular flexibility index (Phi) is 5.16. The number of likely N-dealkylation sites (tertiary alicyclic amines) is 1. The molecule has 1 aliphatic rings. The number of rotatable bonds is 4. The van der Waals surface area contributed by atoms with Gasteiger partial charge in [-0.3, -0.25) is 4.79 Å². The molecule has 1 fully saturated rings. The summed E-state index contributed by atoms with van der Waals surface area (Å²) in [5.41, 5.74) is 2.70. The molecule has 2 heterocycles. The molecular weight excluding hydrogens is 302 g/mol. The van der Waals surface area contributed by atoms with Gasteiger partial charge in [-0.2, -0.15) is 0 Å². The lowest BCUT2D eigenvalue weighted by Crippen LogP contribution is -2.41. The van der Waals surface area contributed by atoms with Crippen LogP contribution >= 0.6 is 11.3 Å². The van der Waals surface area contributed by atoms with Crippen LogP contribution in [0, 0.1) is 19.8 Å². The van der Waals surface area contributed by atoms with Crippen molar-refractivity contribution in [2.45, 2.75) is 39.5 Å². The SMILES string of the molecule is Cc1ccc(C[C@H]2CCCN(C(=O)Cc3ccc(C)s3)C2)cc1. The second-order valence-corrected chi connectivity index (χ2v) is 8.10. The van der Waals surface area contributed by atoms with Gasteiger partial charge in [0.05, 0.1) is 6.42 Å². The molecule has 0 bridgehead atoms. The van der Waals surface area contributed by atoms with E-state index in [1.807, 2.05) is 0 Å². The minimum Gasteiger partial charge on any atom is -0.342 e. The van der Waals surface area contributed by atoms with E-state index >= 15 is 0 Å². The van der Waals surface area contributed by atoms with E-state index in [-0.39, 0.29) is 0 Å². The highest BCUT2D eigenvalue weighted by Gasteiger charge is 2.24. The zero-order valence-electron chi connectivity index (χ0n) is 14.0. The molecule has 2 aromatic rings. The molecule has 1 amide bonds. The van der Waals surface area contributed by atoms with Gasteiger partial charge in [-0.15, -0.1) is 11.3 Å². The number of hydrogen-bond acceptors (Lipinski definition) is 2. The molecule has 2 nitrogen and oxygen atoms in total. The molecule has 0 unspecified atom stereocenters. The summed E-state index contributed by atoms with van der Waals surface area (Å²) in [5, 5.41) is 0. The van der Waals surface area contributed by atoms with Crippen molar-refractivity contribution in [1.82, 2.24) is 4.90 Å². The molecular formula is C20H25NOS. The summed E-state index contributed by atoms with van der Waals surface area (Å²) in [5.74, 6) is 0.890. The topological polar surface area (TPSA) is 20.3 Å². The van der Waals surface area contributed by atoms with E-state index in [0.717, 1.165) is 25.9 Å². The zero-order chi connectivity index (χ0) is 16.2. The number of aryl methyl sites for hydroxylation is 2. The van der Waals surface area contributed by atoms with Crippen LogP contribution in [-0.4, -0.2) is 23.9 Å². The summed E-state index contributed by atoms with van der Waals surface area (Å²) in [6, 6.07) is 13.0. The first-order valence-corrected chi connectivity index (χ1v) is 9.30. The minimum atomic E-state index is 0.292. The Morgan fingerprint density at radius 3 is 2.65 bits per heavy atom. The highest BCUT2D eigenvalue weighted by atomic mass is 32.1. The Balaban J connectivity index is 1.57. The fourth-order valence-electron chi connectivity index (χ4n) is 3.36. The number of carbonyl (C=O) groups is 1. The third-order valence-electron chi connectivity index (χ3n) is 4.64. The number of piperidine rings is 1. The maximum Gasteiger partial charge on any atom is 0.227 e. The molecule has 1 aliphatic heterocycles. The van der Waals surface area contributed by atoms with Gasteiger partial charge in [0.2, 0.25) is 5.91 Å². The van der Waals surface area contributed by atoms with Crippen LogP contribution in [0.5, 0.6) is 0 Å². The molecule has 0 spiro atoms. The van der Waals surface area contributed by atoms with Gasteiger partial charge in [-0.1, -0.05) is 29.8 Å². The lowest BCUT2D eigenvalue weighted by atomic mass is 9.91. The molecule has 23 heavy (non-hydrogen) atoms. The van der Waals surface area contributed by atoms with Gasteiger partial charge in [-0.05, 0) is 56.7 Å². The Morgan fingerprint density at radius 1 is 1.17 bits per heavy atom. The van der Waals surface area contributed by atoms with Gasteiger partial charge in [-0.25, -0.2) is 0 Å². The van der Waals surface area contributed by atoms with Crippen molar-refractivity contribution in [2.24, 2.45) is 5.92 Å². The molecule has 1 aromatic carbocycles. The Morgan fingerprint density at radius 2 is 1.96 bits per heavy atom. The Hall–Kier alpha value is -1.61. The summed E-state index contributed by atoms with van der Waals surface area (Å²) in [7, 11) is 0. The second-order valence-electron chi connectivity index (χ2n) is 6.73. The Labute approximate surface area is 143 Å². The van der Waals surface area contributed by atoms with Crippen LogP contribution in [0.2, 0.25) is 0 Å². The minimum absolute atomic E-state index is 0.292. The first-order valence-electron chi connectivity index (χ1n) is 8.49. The molecule has 0 N–H and O–H groups in total. The van der Waals surface area contributed by atoms with Crippen LogP contribution in [-0.2, 0) is 17.6 Å². The molecule has 3 heteroatoms. The second kappa shape index (κ2) is 7.31. The maximum absolute atomic E-state index is 12.6. The zero-order valence-corrected chi connectivity index (χ0v) is 14.9. The maximum atomic E-state index is 12.6. The average molecular weight is 327 g/mol. The van der Waals surface area contributed by atoms with Gasteiger partial charge in [0.25, 0.3) is 0 Å². The Bertz CT molecular complexity index is 659. The van der Waals surface area contributed by atoms with E-state index in [1.165, 1.54) is 27.3 Å². The lowest BCUT2D eigenvalue weighted by molar-refractivity contribution is -0.132. The van der Waals surface area contributed by atoms with E-state index in [1.54, 1.807) is 11.3 Å². The monoisotopic (exact) mass is 327 g/mol. The standard InChI is InChI=1S/C20H25NOS/c1-15-5-8-17(9-6-15)12-18-4-3-11-21(14-18)20(22)13-19-10-7-16(2)23-19/h5-10,18H,3-4,11-14H2,1-2H3/t18-/m1/s1. The van der Waals surface area contributed by atoms with E-state index in [9.17, 15) is 4.79 Å². The van der Waals surface area contributed by atoms with E-state index in [0.29, 0.717) is 18.2 Å². The van der Waals surface area contributed by atoms with Crippen LogP contribution in [0.15, 0.2) is 36.4 Å². The largest absolute Gasteiger partial charge is 0.342 e. The predicted molar refractivity (Wildman–Crippen MR) is 96.9 cm³/mol. The fourth-order valence-corrected chi connectivity index (χ4v) is 4.24. The van der Waals surface area contributed by atoms with E-state index < -0.39 is 0 Å². The number of nitrogens with zero attached hydrogens (tertiary/aromatic N) is 1. The van der Waals surface area contributed by atoms with Crippen LogP contribution in [0.3, 0.4) is 0 Å². The van der Waals surface area contributed by atoms with Gasteiger partial charge in [0.15, 0.2) is 0 Å². The lowest BCUT2D eigenvalue weighted by Gasteiger charge is -2.33. The summed E-state index contributed by atoms with van der Waals surface area (Å²) < 4.78 is 0. The quantitative estimate of drug-likeness (QED) is 0.815. The smallest absolute Gasteiger partial charge is 0.227 e. The fraction of sp³-hybridized carbons (Fsp3) is 0.450. The number of benzene rings is 1. The number of carbonyl (C=O) groups excluding carboxylic acids is 1. The van der Waals surface area contributed by atoms with Crippen LogP contribution < -0.4 is 0 Å². The average Bonchev–Trinajstić information content (AvgIpc) is 2.95. The summed E-state index contributed by atoms with van der Waals surface area (Å²) in [6.45, 7) is 6.05. The van der Waals surface area contributed by atoms with Crippen LogP contribution in [0.25, 0.3) is 0 Å². The first kappa shape index (κ1) is 16.3. The summed E-state index contributed by atoms with van der Waals surface area (Å²) in [4.78, 5) is 17.1. The number of amides is 1. The van der Waals surface area contributed by atoms with Crippen molar-refractivity contribution in [3.05, 3.63) is 57.3 Å². The van der Waals surface area contributed by atoms with Crippen LogP contribution in [0.4, 0.5) is 0 Å². The van der Waals surface area contributed by atoms with Gasteiger partial charge in [0.1, 0.15) is 0 Å². The van der Waals surface area contributed by atoms with Crippen molar-refractivity contribution >= 4 is 17.2 Å². The van der Waals surface area contributed by atoms with Gasteiger partial charge in [0, 0.05) is 22.8 Å². The first-order chi connectivity index (χ1) is 11.1. The molecule has 122 valence electrons. The number of hydrogen-bond donors (Lipinski definition) is 0. The molecule has 0 radical (unpaired) electrons. The van der Waals surface area contributed by atoms with Crippen molar-refractivity contribution in [2.75, 3.05) is 13.1 Å². The van der Waals surface area contributed by atoms with E-state index in [2.05, 4.69) is 55.1 Å². The van der Waals surface area contributed by atoms with Crippen molar-refractivity contribution in [1.29, 1.82) is 0 Å². The normalized spacial score (nSPS) is 18.2. The summed E-state index contributed by atoms with van der Waals surface area (Å²) in [6.07, 6.45) is 4.01. The van der Waals surface area contributed by atoms with Crippen molar-refractivity contribution in [3.8, 4) is 0 Å². The number of thiophene rings is 1. The molecule has 3 rings (SSSR count). The van der Waals surface area contributed by atoms with Crippen molar-refractivity contribution in [3.63, 3.8) is 0 Å². The van der Waals surface area contributed by atoms with Gasteiger partial charge < -0.3 is 4.90 Å². The molecule has 0 aliphatic carbocycles. The summed E-state index contributed by atoms with van der Waals surface area (Å²) >= 11 is 1.74. The van der Waals surface area contributed by atoms with Gasteiger partial charge >= 0.3 is 0 Å². The molecule has 1 saturated heterocycles. The van der Waals surface area contributed by atoms with Crippen LogP contribution in [0.1, 0.15) is 33.7 Å². The predicted octanol–water partition coefficient (Wildman–Crippen LogP) is 4.39.